The van der Waals surface area contributed by atoms with Crippen molar-refractivity contribution >= 4 is 33.4 Å². The minimum absolute atomic E-state index is 0.303. The van der Waals surface area contributed by atoms with Crippen molar-refractivity contribution in [3.63, 3.8) is 0 Å². The lowest BCUT2D eigenvalue weighted by molar-refractivity contribution is -0.136. The summed E-state index contributed by atoms with van der Waals surface area (Å²) in [5, 5.41) is 5.11. The SMILES string of the molecule is Cc1cc(Br)ccc1NC(=O)C(=O)NCCc1ccc(F)cc1. The molecule has 0 aromatic heterocycles. The maximum atomic E-state index is 12.8. The van der Waals surface area contributed by atoms with Gasteiger partial charge >= 0.3 is 11.8 Å². The van der Waals surface area contributed by atoms with Gasteiger partial charge in [0.15, 0.2) is 0 Å². The number of halogens is 2. The van der Waals surface area contributed by atoms with Gasteiger partial charge in [0, 0.05) is 16.7 Å². The van der Waals surface area contributed by atoms with Crippen LogP contribution in [0.4, 0.5) is 10.1 Å². The smallest absolute Gasteiger partial charge is 0.313 e. The first-order chi connectivity index (χ1) is 11.0. The highest BCUT2D eigenvalue weighted by molar-refractivity contribution is 9.10. The van der Waals surface area contributed by atoms with E-state index in [2.05, 4.69) is 26.6 Å². The molecule has 0 saturated carbocycles. The predicted octanol–water partition coefficient (Wildman–Crippen LogP) is 3.19. The molecule has 0 fully saturated rings. The van der Waals surface area contributed by atoms with Crippen LogP contribution in [-0.2, 0) is 16.0 Å². The molecule has 2 N–H and O–H groups in total. The van der Waals surface area contributed by atoms with Crippen LogP contribution >= 0.6 is 15.9 Å². The van der Waals surface area contributed by atoms with Crippen LogP contribution in [0.1, 0.15) is 11.1 Å². The highest BCUT2D eigenvalue weighted by atomic mass is 79.9. The number of aryl methyl sites for hydroxylation is 1. The number of amides is 2. The minimum Gasteiger partial charge on any atom is -0.347 e. The summed E-state index contributed by atoms with van der Waals surface area (Å²) in [6, 6.07) is 11.4. The quantitative estimate of drug-likeness (QED) is 0.802. The van der Waals surface area contributed by atoms with Crippen molar-refractivity contribution in [2.24, 2.45) is 0 Å². The number of carbonyl (C=O) groups is 2. The topological polar surface area (TPSA) is 58.2 Å². The fraction of sp³-hybridized carbons (Fsp3) is 0.176. The number of hydrogen-bond acceptors (Lipinski definition) is 2. The van der Waals surface area contributed by atoms with E-state index in [0.717, 1.165) is 15.6 Å². The van der Waals surface area contributed by atoms with E-state index in [9.17, 15) is 14.0 Å². The number of benzene rings is 2. The van der Waals surface area contributed by atoms with Crippen LogP contribution in [0.5, 0.6) is 0 Å². The van der Waals surface area contributed by atoms with Crippen LogP contribution in [0, 0.1) is 12.7 Å². The summed E-state index contributed by atoms with van der Waals surface area (Å²) in [6.07, 6.45) is 0.524. The van der Waals surface area contributed by atoms with Crippen molar-refractivity contribution in [3.8, 4) is 0 Å². The second-order valence-electron chi connectivity index (χ2n) is 5.05. The molecule has 0 bridgehead atoms. The van der Waals surface area contributed by atoms with Crippen molar-refractivity contribution in [1.29, 1.82) is 0 Å². The molecule has 23 heavy (non-hydrogen) atoms. The Bertz CT molecular complexity index is 717. The Balaban J connectivity index is 1.83. The van der Waals surface area contributed by atoms with Crippen LogP contribution in [-0.4, -0.2) is 18.4 Å². The molecule has 0 unspecified atom stereocenters. The fourth-order valence-corrected chi connectivity index (χ4v) is 2.47. The molecule has 0 spiro atoms. The Labute approximate surface area is 142 Å². The Morgan fingerprint density at radius 2 is 1.78 bits per heavy atom. The molecule has 0 aliphatic carbocycles. The van der Waals surface area contributed by atoms with Crippen molar-refractivity contribution in [2.75, 3.05) is 11.9 Å². The fourth-order valence-electron chi connectivity index (χ4n) is 2.00. The first kappa shape index (κ1) is 17.1. The maximum Gasteiger partial charge on any atom is 0.313 e. The first-order valence-electron chi connectivity index (χ1n) is 7.05. The summed E-state index contributed by atoms with van der Waals surface area (Å²) >= 11 is 3.34. The third-order valence-electron chi connectivity index (χ3n) is 3.26. The van der Waals surface area contributed by atoms with E-state index in [1.54, 1.807) is 24.3 Å². The molecule has 0 aliphatic heterocycles. The molecule has 0 aliphatic rings. The molecule has 4 nitrogen and oxygen atoms in total. The maximum absolute atomic E-state index is 12.8. The normalized spacial score (nSPS) is 10.2. The molecule has 0 heterocycles. The van der Waals surface area contributed by atoms with Gasteiger partial charge in [-0.05, 0) is 54.8 Å². The van der Waals surface area contributed by atoms with Crippen LogP contribution in [0.3, 0.4) is 0 Å². The van der Waals surface area contributed by atoms with Crippen molar-refractivity contribution in [2.45, 2.75) is 13.3 Å². The van der Waals surface area contributed by atoms with Gasteiger partial charge in [-0.25, -0.2) is 4.39 Å². The lowest BCUT2D eigenvalue weighted by Gasteiger charge is -2.09. The van der Waals surface area contributed by atoms with Gasteiger partial charge in [-0.2, -0.15) is 0 Å². The van der Waals surface area contributed by atoms with E-state index in [0.29, 0.717) is 18.7 Å². The van der Waals surface area contributed by atoms with E-state index in [1.807, 2.05) is 13.0 Å². The molecule has 2 amide bonds. The molecule has 0 atom stereocenters. The third kappa shape index (κ3) is 5.17. The van der Waals surface area contributed by atoms with Crippen LogP contribution in [0.25, 0.3) is 0 Å². The predicted molar refractivity (Wildman–Crippen MR) is 90.6 cm³/mol. The Kier molecular flexibility index (Phi) is 5.87. The second kappa shape index (κ2) is 7.87. The average molecular weight is 379 g/mol. The number of carbonyl (C=O) groups excluding carboxylic acids is 2. The summed E-state index contributed by atoms with van der Waals surface area (Å²) in [6.45, 7) is 2.14. The number of hydrogen-bond donors (Lipinski definition) is 2. The van der Waals surface area contributed by atoms with E-state index >= 15 is 0 Å². The summed E-state index contributed by atoms with van der Waals surface area (Å²) in [4.78, 5) is 23.6. The minimum atomic E-state index is -0.713. The molecular formula is C17H16BrFN2O2. The third-order valence-corrected chi connectivity index (χ3v) is 3.75. The standard InChI is InChI=1S/C17H16BrFN2O2/c1-11-10-13(18)4-7-15(11)21-17(23)16(22)20-9-8-12-2-5-14(19)6-3-12/h2-7,10H,8-9H2,1H3,(H,20,22)(H,21,23). The average Bonchev–Trinajstić information content (AvgIpc) is 2.51. The molecule has 2 aromatic carbocycles. The van der Waals surface area contributed by atoms with Gasteiger partial charge in [-0.1, -0.05) is 28.1 Å². The molecular weight excluding hydrogens is 363 g/mol. The summed E-state index contributed by atoms with van der Waals surface area (Å²) in [5.74, 6) is -1.72. The Morgan fingerprint density at radius 3 is 2.43 bits per heavy atom. The number of anilines is 1. The summed E-state index contributed by atoms with van der Waals surface area (Å²) in [5.41, 5.74) is 2.33. The van der Waals surface area contributed by atoms with E-state index in [1.165, 1.54) is 12.1 Å². The molecule has 2 aromatic rings. The van der Waals surface area contributed by atoms with Gasteiger partial charge in [-0.3, -0.25) is 9.59 Å². The van der Waals surface area contributed by atoms with E-state index in [-0.39, 0.29) is 5.82 Å². The van der Waals surface area contributed by atoms with Gasteiger partial charge in [0.25, 0.3) is 0 Å². The van der Waals surface area contributed by atoms with Gasteiger partial charge in [-0.15, -0.1) is 0 Å². The highest BCUT2D eigenvalue weighted by Crippen LogP contribution is 2.19. The molecule has 0 saturated heterocycles. The van der Waals surface area contributed by atoms with E-state index < -0.39 is 11.8 Å². The summed E-state index contributed by atoms with van der Waals surface area (Å²) < 4.78 is 13.7. The van der Waals surface area contributed by atoms with Gasteiger partial charge in [0.2, 0.25) is 0 Å². The monoisotopic (exact) mass is 378 g/mol. The van der Waals surface area contributed by atoms with Crippen molar-refractivity contribution in [1.82, 2.24) is 5.32 Å². The lowest BCUT2D eigenvalue weighted by atomic mass is 10.1. The summed E-state index contributed by atoms with van der Waals surface area (Å²) in [7, 11) is 0. The van der Waals surface area contributed by atoms with Gasteiger partial charge < -0.3 is 10.6 Å². The van der Waals surface area contributed by atoms with E-state index in [4.69, 9.17) is 0 Å². The molecule has 0 radical (unpaired) electrons. The number of rotatable bonds is 4. The highest BCUT2D eigenvalue weighted by Gasteiger charge is 2.14. The Hall–Kier alpha value is -2.21. The second-order valence-corrected chi connectivity index (χ2v) is 5.96. The van der Waals surface area contributed by atoms with Gasteiger partial charge in [0.05, 0.1) is 0 Å². The Morgan fingerprint density at radius 1 is 1.09 bits per heavy atom. The van der Waals surface area contributed by atoms with Crippen LogP contribution < -0.4 is 10.6 Å². The first-order valence-corrected chi connectivity index (χ1v) is 7.85. The molecule has 6 heteroatoms. The molecule has 2 rings (SSSR count). The zero-order chi connectivity index (χ0) is 16.8. The molecule has 120 valence electrons. The zero-order valence-corrected chi connectivity index (χ0v) is 14.1. The lowest BCUT2D eigenvalue weighted by Crippen LogP contribution is -2.36. The van der Waals surface area contributed by atoms with Crippen LogP contribution in [0.15, 0.2) is 46.9 Å². The zero-order valence-electron chi connectivity index (χ0n) is 12.5. The number of nitrogens with one attached hydrogen (secondary N) is 2. The van der Waals surface area contributed by atoms with Crippen LogP contribution in [0.2, 0.25) is 0 Å². The largest absolute Gasteiger partial charge is 0.347 e. The van der Waals surface area contributed by atoms with Crippen molar-refractivity contribution in [3.05, 3.63) is 63.9 Å². The van der Waals surface area contributed by atoms with Crippen molar-refractivity contribution < 1.29 is 14.0 Å². The van der Waals surface area contributed by atoms with Gasteiger partial charge in [0.1, 0.15) is 5.82 Å².